The van der Waals surface area contributed by atoms with Crippen molar-refractivity contribution < 1.29 is 19.1 Å². The predicted molar refractivity (Wildman–Crippen MR) is 48.4 cm³/mol. The number of hydrogen-bond acceptors (Lipinski definition) is 4. The van der Waals surface area contributed by atoms with E-state index in [1.54, 1.807) is 24.3 Å². The van der Waals surface area contributed by atoms with E-state index in [1.165, 1.54) is 0 Å². The zero-order valence-electron chi connectivity index (χ0n) is 7.60. The second-order valence-electron chi connectivity index (χ2n) is 3.38. The fourth-order valence-electron chi connectivity index (χ4n) is 1.69. The zero-order chi connectivity index (χ0) is 10.4. The average Bonchev–Trinajstić information content (AvgIpc) is 2.52. The van der Waals surface area contributed by atoms with Crippen LogP contribution in [0.4, 0.5) is 0 Å². The van der Waals surface area contributed by atoms with Crippen molar-refractivity contribution in [1.29, 1.82) is 0 Å². The normalized spacial score (nSPS) is 27.2. The van der Waals surface area contributed by atoms with E-state index in [4.69, 9.17) is 9.47 Å². The number of imide groups is 1. The van der Waals surface area contributed by atoms with Crippen LogP contribution >= 0.6 is 0 Å². The van der Waals surface area contributed by atoms with Gasteiger partial charge in [-0.15, -0.1) is 0 Å². The van der Waals surface area contributed by atoms with Gasteiger partial charge in [-0.3, -0.25) is 14.9 Å². The van der Waals surface area contributed by atoms with Gasteiger partial charge in [-0.05, 0) is 12.1 Å². The van der Waals surface area contributed by atoms with E-state index >= 15 is 0 Å². The number of carbonyl (C=O) groups is 2. The minimum absolute atomic E-state index is 0.445. The molecule has 76 valence electrons. The van der Waals surface area contributed by atoms with Gasteiger partial charge in [0.2, 0.25) is 12.2 Å². The summed E-state index contributed by atoms with van der Waals surface area (Å²) in [7, 11) is 0. The molecule has 1 aromatic carbocycles. The van der Waals surface area contributed by atoms with E-state index in [9.17, 15) is 9.59 Å². The summed E-state index contributed by atoms with van der Waals surface area (Å²) in [4.78, 5) is 22.6. The molecule has 1 aromatic rings. The van der Waals surface area contributed by atoms with Crippen LogP contribution in [0.1, 0.15) is 0 Å². The lowest BCUT2D eigenvalue weighted by molar-refractivity contribution is -0.128. The fraction of sp³-hybridized carbons (Fsp3) is 0.200. The number of hydrogen-bond donors (Lipinski definition) is 1. The molecule has 0 aromatic heterocycles. The van der Waals surface area contributed by atoms with Crippen molar-refractivity contribution in [3.05, 3.63) is 24.3 Å². The third-order valence-corrected chi connectivity index (χ3v) is 2.40. The molecule has 2 aliphatic rings. The van der Waals surface area contributed by atoms with Crippen LogP contribution < -0.4 is 14.8 Å². The molecule has 2 atom stereocenters. The molecule has 5 nitrogen and oxygen atoms in total. The molecule has 5 heteroatoms. The van der Waals surface area contributed by atoms with Crippen LogP contribution in [0.5, 0.6) is 11.5 Å². The highest BCUT2D eigenvalue weighted by molar-refractivity contribution is 6.08. The first-order chi connectivity index (χ1) is 7.25. The highest BCUT2D eigenvalue weighted by atomic mass is 16.6. The minimum atomic E-state index is -0.854. The fourth-order valence-corrected chi connectivity index (χ4v) is 1.69. The van der Waals surface area contributed by atoms with Crippen LogP contribution in [-0.2, 0) is 9.59 Å². The monoisotopic (exact) mass is 205 g/mol. The van der Waals surface area contributed by atoms with Gasteiger partial charge in [-0.2, -0.15) is 0 Å². The van der Waals surface area contributed by atoms with Crippen molar-refractivity contribution in [1.82, 2.24) is 5.32 Å². The lowest BCUT2D eigenvalue weighted by Gasteiger charge is -2.25. The predicted octanol–water partition coefficient (Wildman–Crippen LogP) is -0.149. The molecule has 1 fully saturated rings. The van der Waals surface area contributed by atoms with Gasteiger partial charge in [0, 0.05) is 0 Å². The quantitative estimate of drug-likeness (QED) is 0.598. The van der Waals surface area contributed by atoms with E-state index in [-0.39, 0.29) is 0 Å². The first-order valence-corrected chi connectivity index (χ1v) is 4.53. The molecule has 2 amide bonds. The molecule has 1 N–H and O–H groups in total. The van der Waals surface area contributed by atoms with Crippen LogP contribution in [0.3, 0.4) is 0 Å². The summed E-state index contributed by atoms with van der Waals surface area (Å²) in [5, 5.41) is 2.17. The standard InChI is InChI=1S/C10H7NO4/c12-9-7-8(10(13)11-9)15-6-4-2-1-3-5(6)14-7/h1-4,7-8H,(H,11,12,13). The highest BCUT2D eigenvalue weighted by Crippen LogP contribution is 2.34. The summed E-state index contributed by atoms with van der Waals surface area (Å²) < 4.78 is 10.8. The summed E-state index contributed by atoms with van der Waals surface area (Å²) in [5.41, 5.74) is 0. The lowest BCUT2D eigenvalue weighted by atomic mass is 10.2. The van der Waals surface area contributed by atoms with Crippen LogP contribution in [0.25, 0.3) is 0 Å². The Morgan fingerprint density at radius 3 is 1.87 bits per heavy atom. The van der Waals surface area contributed by atoms with Crippen molar-refractivity contribution in [2.45, 2.75) is 12.2 Å². The summed E-state index contributed by atoms with van der Waals surface area (Å²) in [5.74, 6) is 0.0891. The number of rotatable bonds is 0. The Morgan fingerprint density at radius 2 is 1.40 bits per heavy atom. The zero-order valence-corrected chi connectivity index (χ0v) is 7.60. The van der Waals surface area contributed by atoms with Gasteiger partial charge in [0.05, 0.1) is 0 Å². The Morgan fingerprint density at radius 1 is 0.933 bits per heavy atom. The molecule has 2 heterocycles. The molecular weight excluding hydrogens is 198 g/mol. The number of amides is 2. The first kappa shape index (κ1) is 8.28. The van der Waals surface area contributed by atoms with E-state index < -0.39 is 24.0 Å². The van der Waals surface area contributed by atoms with Crippen LogP contribution in [0.2, 0.25) is 0 Å². The van der Waals surface area contributed by atoms with E-state index in [1.807, 2.05) is 0 Å². The molecule has 1 saturated heterocycles. The lowest BCUT2D eigenvalue weighted by Crippen LogP contribution is -2.41. The molecule has 0 bridgehead atoms. The largest absolute Gasteiger partial charge is 0.472 e. The molecule has 2 unspecified atom stereocenters. The third kappa shape index (κ3) is 1.09. The van der Waals surface area contributed by atoms with Crippen LogP contribution in [0, 0.1) is 0 Å². The highest BCUT2D eigenvalue weighted by Gasteiger charge is 2.48. The number of carbonyl (C=O) groups excluding carboxylic acids is 2. The molecule has 3 rings (SSSR count). The molecule has 15 heavy (non-hydrogen) atoms. The van der Waals surface area contributed by atoms with Crippen molar-refractivity contribution in [2.24, 2.45) is 0 Å². The maximum Gasteiger partial charge on any atom is 0.272 e. The Bertz CT molecular complexity index is 415. The van der Waals surface area contributed by atoms with Crippen molar-refractivity contribution in [3.63, 3.8) is 0 Å². The Kier molecular flexibility index (Phi) is 1.50. The number of para-hydroxylation sites is 2. The summed E-state index contributed by atoms with van der Waals surface area (Å²) in [6, 6.07) is 6.94. The second-order valence-corrected chi connectivity index (χ2v) is 3.38. The maximum atomic E-state index is 11.3. The number of benzene rings is 1. The molecular formula is C10H7NO4. The van der Waals surface area contributed by atoms with Crippen LogP contribution in [-0.4, -0.2) is 24.0 Å². The molecule has 2 aliphatic heterocycles. The molecule has 0 aliphatic carbocycles. The molecule has 0 saturated carbocycles. The summed E-state index contributed by atoms with van der Waals surface area (Å²) >= 11 is 0. The smallest absolute Gasteiger partial charge is 0.272 e. The molecule has 0 radical (unpaired) electrons. The Labute approximate surface area is 85.0 Å². The third-order valence-electron chi connectivity index (χ3n) is 2.40. The summed E-state index contributed by atoms with van der Waals surface area (Å²) in [6.07, 6.45) is -1.71. The van der Waals surface area contributed by atoms with E-state index in [0.29, 0.717) is 11.5 Å². The van der Waals surface area contributed by atoms with Gasteiger partial charge in [0.15, 0.2) is 11.5 Å². The molecule has 0 spiro atoms. The van der Waals surface area contributed by atoms with Gasteiger partial charge < -0.3 is 9.47 Å². The maximum absolute atomic E-state index is 11.3. The van der Waals surface area contributed by atoms with E-state index in [2.05, 4.69) is 5.32 Å². The first-order valence-electron chi connectivity index (χ1n) is 4.53. The van der Waals surface area contributed by atoms with E-state index in [0.717, 1.165) is 0 Å². The van der Waals surface area contributed by atoms with Crippen molar-refractivity contribution >= 4 is 11.8 Å². The van der Waals surface area contributed by atoms with Crippen molar-refractivity contribution in [3.8, 4) is 11.5 Å². The van der Waals surface area contributed by atoms with Crippen molar-refractivity contribution in [2.75, 3.05) is 0 Å². The minimum Gasteiger partial charge on any atom is -0.472 e. The van der Waals surface area contributed by atoms with Crippen LogP contribution in [0.15, 0.2) is 24.3 Å². The SMILES string of the molecule is O=C1NC(=O)C2Oc3ccccc3OC12. The van der Waals surface area contributed by atoms with Gasteiger partial charge in [-0.1, -0.05) is 12.1 Å². The second kappa shape index (κ2) is 2.73. The number of nitrogens with one attached hydrogen (secondary N) is 1. The Hall–Kier alpha value is -2.04. The van der Waals surface area contributed by atoms with Gasteiger partial charge in [-0.25, -0.2) is 0 Å². The average molecular weight is 205 g/mol. The number of fused-ring (bicyclic) bond motifs is 2. The van der Waals surface area contributed by atoms with Gasteiger partial charge in [0.25, 0.3) is 11.8 Å². The van der Waals surface area contributed by atoms with Gasteiger partial charge >= 0.3 is 0 Å². The van der Waals surface area contributed by atoms with Gasteiger partial charge in [0.1, 0.15) is 0 Å². The topological polar surface area (TPSA) is 64.6 Å². The Balaban J connectivity index is 2.03. The number of ether oxygens (including phenoxy) is 2. The summed E-state index contributed by atoms with van der Waals surface area (Å²) in [6.45, 7) is 0.